The quantitative estimate of drug-likeness (QED) is 0.669. The van der Waals surface area contributed by atoms with Crippen LogP contribution in [0.5, 0.6) is 0 Å². The van der Waals surface area contributed by atoms with Crippen LogP contribution < -0.4 is 0 Å². The lowest BCUT2D eigenvalue weighted by molar-refractivity contribution is -0.148. The van der Waals surface area contributed by atoms with Gasteiger partial charge in [-0.3, -0.25) is 4.79 Å². The summed E-state index contributed by atoms with van der Waals surface area (Å²) < 4.78 is 9.76. The first kappa shape index (κ1) is 12.0. The largest absolute Gasteiger partial charge is 0.494 e. The summed E-state index contributed by atoms with van der Waals surface area (Å²) in [6.07, 6.45) is -1.26. The molecule has 0 unspecified atom stereocenters. The first-order valence-corrected chi connectivity index (χ1v) is 4.64. The van der Waals surface area contributed by atoms with Gasteiger partial charge in [0, 0.05) is 0 Å². The van der Waals surface area contributed by atoms with Crippen molar-refractivity contribution < 1.29 is 24.5 Å². The second-order valence-corrected chi connectivity index (χ2v) is 3.82. The molecule has 0 amide bonds. The summed E-state index contributed by atoms with van der Waals surface area (Å²) in [4.78, 5) is 11.8. The second kappa shape index (κ2) is 3.83. The van der Waals surface area contributed by atoms with Crippen LogP contribution in [0.2, 0.25) is 0 Å². The Balaban J connectivity index is 3.28. The Morgan fingerprint density at radius 3 is 2.27 bits per heavy atom. The highest BCUT2D eigenvalue weighted by Gasteiger charge is 2.50. The van der Waals surface area contributed by atoms with Gasteiger partial charge >= 0.3 is 0 Å². The van der Waals surface area contributed by atoms with Crippen LogP contribution in [0.15, 0.2) is 11.5 Å². The standard InChI is InChI=1S/C10H16O5/c1-5-6(11)7(14-3)8(15-4)9(12)10(5,2)13/h5,9,12-13H,1-4H3/t5-,9+,10+/m0/s1. The zero-order valence-corrected chi connectivity index (χ0v) is 9.27. The molecule has 0 aromatic rings. The normalized spacial score (nSPS) is 36.8. The van der Waals surface area contributed by atoms with Crippen LogP contribution in [0, 0.1) is 5.92 Å². The molecule has 0 aliphatic heterocycles. The fraction of sp³-hybridized carbons (Fsp3) is 0.700. The summed E-state index contributed by atoms with van der Waals surface area (Å²) in [7, 11) is 2.64. The minimum atomic E-state index is -1.54. The fourth-order valence-electron chi connectivity index (χ4n) is 1.62. The average molecular weight is 216 g/mol. The molecule has 2 N–H and O–H groups in total. The molecule has 1 aliphatic rings. The number of rotatable bonds is 2. The van der Waals surface area contributed by atoms with Crippen molar-refractivity contribution in [1.29, 1.82) is 0 Å². The Morgan fingerprint density at radius 2 is 1.87 bits per heavy atom. The van der Waals surface area contributed by atoms with Gasteiger partial charge < -0.3 is 19.7 Å². The number of Topliss-reactive ketones (excluding diaryl/α,β-unsaturated/α-hetero) is 1. The number of aliphatic hydroxyl groups excluding tert-OH is 1. The molecule has 0 aromatic heterocycles. The highest BCUT2D eigenvalue weighted by molar-refractivity contribution is 5.97. The molecule has 0 spiro atoms. The molecule has 0 bridgehead atoms. The maximum Gasteiger partial charge on any atom is 0.206 e. The zero-order chi connectivity index (χ0) is 11.8. The van der Waals surface area contributed by atoms with Crippen molar-refractivity contribution in [2.75, 3.05) is 14.2 Å². The van der Waals surface area contributed by atoms with Gasteiger partial charge in [0.25, 0.3) is 0 Å². The lowest BCUT2D eigenvalue weighted by Crippen LogP contribution is -2.53. The minimum absolute atomic E-state index is 0.0226. The SMILES string of the molecule is COC1=C(OC)[C@@H](O)[C@](C)(O)[C@@H](C)C1=O. The lowest BCUT2D eigenvalue weighted by atomic mass is 9.77. The Hall–Kier alpha value is -1.07. The third-order valence-electron chi connectivity index (χ3n) is 2.94. The van der Waals surface area contributed by atoms with Gasteiger partial charge in [-0.25, -0.2) is 0 Å². The summed E-state index contributed by atoms with van der Waals surface area (Å²) >= 11 is 0. The molecule has 1 rings (SSSR count). The fourth-order valence-corrected chi connectivity index (χ4v) is 1.62. The zero-order valence-electron chi connectivity index (χ0n) is 9.27. The first-order chi connectivity index (χ1) is 6.87. The Morgan fingerprint density at radius 1 is 1.33 bits per heavy atom. The Kier molecular flexibility index (Phi) is 3.06. The van der Waals surface area contributed by atoms with Crippen molar-refractivity contribution in [3.63, 3.8) is 0 Å². The molecular weight excluding hydrogens is 200 g/mol. The van der Waals surface area contributed by atoms with Crippen LogP contribution in [-0.4, -0.2) is 41.9 Å². The van der Waals surface area contributed by atoms with E-state index in [4.69, 9.17) is 9.47 Å². The molecule has 0 aromatic carbocycles. The number of ether oxygens (including phenoxy) is 2. The van der Waals surface area contributed by atoms with E-state index in [1.807, 2.05) is 0 Å². The third kappa shape index (κ3) is 1.61. The molecule has 1 aliphatic carbocycles. The average Bonchev–Trinajstić information content (AvgIpc) is 2.21. The highest BCUT2D eigenvalue weighted by Crippen LogP contribution is 2.35. The number of methoxy groups -OCH3 is 2. The number of aliphatic hydroxyl groups is 2. The molecule has 3 atom stereocenters. The van der Waals surface area contributed by atoms with Gasteiger partial charge in [-0.1, -0.05) is 6.92 Å². The molecule has 0 saturated heterocycles. The van der Waals surface area contributed by atoms with E-state index in [2.05, 4.69) is 0 Å². The van der Waals surface area contributed by atoms with Crippen molar-refractivity contribution in [2.24, 2.45) is 5.92 Å². The topological polar surface area (TPSA) is 76.0 Å². The summed E-state index contributed by atoms with van der Waals surface area (Å²) in [6.45, 7) is 2.93. The van der Waals surface area contributed by atoms with Crippen LogP contribution in [0.1, 0.15) is 13.8 Å². The van der Waals surface area contributed by atoms with E-state index in [0.717, 1.165) is 0 Å². The van der Waals surface area contributed by atoms with E-state index in [9.17, 15) is 15.0 Å². The maximum atomic E-state index is 11.8. The number of carbonyl (C=O) groups is 1. The molecule has 0 heterocycles. The van der Waals surface area contributed by atoms with E-state index in [0.29, 0.717) is 0 Å². The van der Waals surface area contributed by atoms with Crippen LogP contribution in [-0.2, 0) is 14.3 Å². The molecule has 15 heavy (non-hydrogen) atoms. The van der Waals surface area contributed by atoms with Crippen molar-refractivity contribution in [2.45, 2.75) is 25.6 Å². The van der Waals surface area contributed by atoms with E-state index < -0.39 is 17.6 Å². The van der Waals surface area contributed by atoms with Crippen LogP contribution in [0.25, 0.3) is 0 Å². The number of hydrogen-bond acceptors (Lipinski definition) is 5. The summed E-state index contributed by atoms with van der Waals surface area (Å²) in [6, 6.07) is 0. The third-order valence-corrected chi connectivity index (χ3v) is 2.94. The highest BCUT2D eigenvalue weighted by atomic mass is 16.5. The van der Waals surface area contributed by atoms with Gasteiger partial charge in [0.1, 0.15) is 11.7 Å². The smallest absolute Gasteiger partial charge is 0.206 e. The van der Waals surface area contributed by atoms with Gasteiger partial charge in [0.2, 0.25) is 11.5 Å². The maximum absolute atomic E-state index is 11.8. The Bertz CT molecular complexity index is 305. The first-order valence-electron chi connectivity index (χ1n) is 4.64. The predicted octanol–water partition coefficient (Wildman–Crippen LogP) is -0.179. The molecule has 86 valence electrons. The predicted molar refractivity (Wildman–Crippen MR) is 51.8 cm³/mol. The summed E-state index contributed by atoms with van der Waals surface area (Å²) in [5.74, 6) is -1.15. The minimum Gasteiger partial charge on any atom is -0.494 e. The summed E-state index contributed by atoms with van der Waals surface area (Å²) in [5, 5.41) is 19.8. The number of hydrogen-bond donors (Lipinski definition) is 2. The summed E-state index contributed by atoms with van der Waals surface area (Å²) in [5.41, 5.74) is -1.54. The van der Waals surface area contributed by atoms with Gasteiger partial charge in [-0.05, 0) is 6.92 Å². The van der Waals surface area contributed by atoms with Crippen LogP contribution >= 0.6 is 0 Å². The van der Waals surface area contributed by atoms with Gasteiger partial charge in [0.15, 0.2) is 5.76 Å². The van der Waals surface area contributed by atoms with Gasteiger partial charge in [0.05, 0.1) is 20.1 Å². The Labute approximate surface area is 88.3 Å². The van der Waals surface area contributed by atoms with Crippen molar-refractivity contribution >= 4 is 5.78 Å². The number of ketones is 1. The molecule has 5 heteroatoms. The van der Waals surface area contributed by atoms with Crippen molar-refractivity contribution in [3.05, 3.63) is 11.5 Å². The molecule has 0 radical (unpaired) electrons. The number of carbonyl (C=O) groups excluding carboxylic acids is 1. The second-order valence-electron chi connectivity index (χ2n) is 3.82. The van der Waals surface area contributed by atoms with Gasteiger partial charge in [-0.15, -0.1) is 0 Å². The van der Waals surface area contributed by atoms with E-state index in [1.54, 1.807) is 0 Å². The molecule has 0 fully saturated rings. The van der Waals surface area contributed by atoms with Crippen LogP contribution in [0.3, 0.4) is 0 Å². The van der Waals surface area contributed by atoms with E-state index in [1.165, 1.54) is 28.1 Å². The van der Waals surface area contributed by atoms with E-state index in [-0.39, 0.29) is 17.3 Å². The van der Waals surface area contributed by atoms with E-state index >= 15 is 0 Å². The molecular formula is C10H16O5. The monoisotopic (exact) mass is 216 g/mol. The molecule has 5 nitrogen and oxygen atoms in total. The van der Waals surface area contributed by atoms with Gasteiger partial charge in [-0.2, -0.15) is 0 Å². The van der Waals surface area contributed by atoms with Crippen molar-refractivity contribution in [3.8, 4) is 0 Å². The molecule has 0 saturated carbocycles. The van der Waals surface area contributed by atoms with Crippen LogP contribution in [0.4, 0.5) is 0 Å². The van der Waals surface area contributed by atoms with Crippen molar-refractivity contribution in [1.82, 2.24) is 0 Å². The number of allylic oxidation sites excluding steroid dienone is 1. The lowest BCUT2D eigenvalue weighted by Gasteiger charge is -2.38.